The molecule has 0 heterocycles. The second-order valence-electron chi connectivity index (χ2n) is 2.01. The van der Waals surface area contributed by atoms with E-state index >= 15 is 0 Å². The molecule has 0 amide bonds. The van der Waals surface area contributed by atoms with Crippen molar-refractivity contribution in [3.63, 3.8) is 0 Å². The third kappa shape index (κ3) is 15.7. The second kappa shape index (κ2) is 16.0. The van der Waals surface area contributed by atoms with Crippen molar-refractivity contribution in [1.82, 2.24) is 5.43 Å². The topological polar surface area (TPSA) is 38.0 Å². The maximum absolute atomic E-state index is 5.06. The van der Waals surface area contributed by atoms with E-state index in [1.165, 1.54) is 25.7 Å². The molecule has 2 heteroatoms. The summed E-state index contributed by atoms with van der Waals surface area (Å²) in [5, 5.41) is 0. The Bertz CT molecular complexity index is 32.2. The monoisotopic (exact) mass is 146 g/mol. The lowest BCUT2D eigenvalue weighted by Gasteiger charge is -1.95. The molecule has 0 rings (SSSR count). The van der Waals surface area contributed by atoms with Crippen LogP contribution in [-0.4, -0.2) is 6.54 Å². The zero-order chi connectivity index (χ0) is 8.24. The summed E-state index contributed by atoms with van der Waals surface area (Å²) in [4.78, 5) is 0. The predicted octanol–water partition coefficient (Wildman–Crippen LogP) is 2.06. The molecule has 0 atom stereocenters. The highest BCUT2D eigenvalue weighted by molar-refractivity contribution is 4.40. The van der Waals surface area contributed by atoms with Crippen molar-refractivity contribution >= 4 is 0 Å². The average Bonchev–Trinajstić information content (AvgIpc) is 2.02. The van der Waals surface area contributed by atoms with Gasteiger partial charge >= 0.3 is 0 Å². The van der Waals surface area contributed by atoms with E-state index in [0.29, 0.717) is 0 Å². The molecule has 0 unspecified atom stereocenters. The Labute approximate surface area is 65.2 Å². The van der Waals surface area contributed by atoms with Gasteiger partial charge < -0.3 is 0 Å². The Morgan fingerprint density at radius 3 is 2.10 bits per heavy atom. The van der Waals surface area contributed by atoms with Gasteiger partial charge in [0.15, 0.2) is 0 Å². The van der Waals surface area contributed by atoms with Crippen molar-refractivity contribution in [2.75, 3.05) is 6.54 Å². The molecule has 0 aliphatic rings. The minimum Gasteiger partial charge on any atom is -0.271 e. The third-order valence-electron chi connectivity index (χ3n) is 1.17. The molecule has 2 nitrogen and oxygen atoms in total. The maximum atomic E-state index is 5.06. The van der Waals surface area contributed by atoms with Gasteiger partial charge in [0.05, 0.1) is 0 Å². The Balaban J connectivity index is 0. The summed E-state index contributed by atoms with van der Waals surface area (Å²) in [6.45, 7) is 7.16. The van der Waals surface area contributed by atoms with E-state index in [0.717, 1.165) is 6.54 Å². The van der Waals surface area contributed by atoms with Crippen molar-refractivity contribution in [2.24, 2.45) is 5.84 Å². The van der Waals surface area contributed by atoms with Crippen LogP contribution in [0.4, 0.5) is 0 Å². The van der Waals surface area contributed by atoms with Gasteiger partial charge in [-0.05, 0) is 6.42 Å². The number of nitrogens with two attached hydrogens (primary N) is 1. The van der Waals surface area contributed by atoms with Gasteiger partial charge in [0.1, 0.15) is 0 Å². The molecule has 0 aromatic rings. The van der Waals surface area contributed by atoms with Crippen LogP contribution in [0.1, 0.15) is 46.5 Å². The van der Waals surface area contributed by atoms with Crippen LogP contribution in [0, 0.1) is 0 Å². The Morgan fingerprint density at radius 1 is 1.10 bits per heavy atom. The van der Waals surface area contributed by atoms with E-state index < -0.39 is 0 Å². The molecule has 0 aliphatic heterocycles. The number of hydrazine groups is 1. The fourth-order valence-corrected chi connectivity index (χ4v) is 0.654. The van der Waals surface area contributed by atoms with Gasteiger partial charge in [-0.1, -0.05) is 40.0 Å². The summed E-state index contributed by atoms with van der Waals surface area (Å²) in [5.74, 6) is 5.06. The summed E-state index contributed by atoms with van der Waals surface area (Å²) >= 11 is 0. The molecule has 0 saturated carbocycles. The summed E-state index contributed by atoms with van der Waals surface area (Å²) < 4.78 is 0. The van der Waals surface area contributed by atoms with Crippen LogP contribution in [-0.2, 0) is 0 Å². The molecule has 0 aliphatic carbocycles. The Kier molecular flexibility index (Phi) is 20.1. The van der Waals surface area contributed by atoms with Crippen molar-refractivity contribution in [1.29, 1.82) is 0 Å². The highest BCUT2D eigenvalue weighted by Gasteiger charge is 1.82. The number of hydrogen-bond donors (Lipinski definition) is 2. The van der Waals surface area contributed by atoms with Gasteiger partial charge in [0, 0.05) is 6.54 Å². The van der Waals surface area contributed by atoms with Crippen LogP contribution in [0.5, 0.6) is 0 Å². The summed E-state index contributed by atoms with van der Waals surface area (Å²) in [5.41, 5.74) is 2.63. The molecule has 64 valence electrons. The maximum Gasteiger partial charge on any atom is 0.00974 e. The van der Waals surface area contributed by atoms with E-state index in [9.17, 15) is 0 Å². The number of nitrogens with one attached hydrogen (secondary N) is 1. The molecular formula is C8H22N2. The second-order valence-corrected chi connectivity index (χ2v) is 2.01. The van der Waals surface area contributed by atoms with Crippen LogP contribution in [0.3, 0.4) is 0 Å². The minimum atomic E-state index is 0.958. The molecule has 0 spiro atoms. The minimum absolute atomic E-state index is 0.958. The third-order valence-corrected chi connectivity index (χ3v) is 1.17. The highest BCUT2D eigenvalue weighted by atomic mass is 15.2. The zero-order valence-corrected chi connectivity index (χ0v) is 7.61. The summed E-state index contributed by atoms with van der Waals surface area (Å²) in [6.07, 6.45) is 5.15. The van der Waals surface area contributed by atoms with Gasteiger partial charge in [-0.3, -0.25) is 11.3 Å². The van der Waals surface area contributed by atoms with E-state index in [1.54, 1.807) is 0 Å². The average molecular weight is 146 g/mol. The number of unbranched alkanes of at least 4 members (excludes halogenated alkanes) is 3. The molecule has 0 aromatic carbocycles. The lowest BCUT2D eigenvalue weighted by atomic mass is 10.2. The first kappa shape index (κ1) is 12.6. The largest absolute Gasteiger partial charge is 0.271 e. The smallest absolute Gasteiger partial charge is 0.00974 e. The van der Waals surface area contributed by atoms with Crippen molar-refractivity contribution < 1.29 is 0 Å². The van der Waals surface area contributed by atoms with Gasteiger partial charge in [0.25, 0.3) is 0 Å². The van der Waals surface area contributed by atoms with E-state index in [1.807, 2.05) is 13.8 Å². The van der Waals surface area contributed by atoms with Gasteiger partial charge in [-0.15, -0.1) is 0 Å². The lowest BCUT2D eigenvalue weighted by Crippen LogP contribution is -2.22. The fourth-order valence-electron chi connectivity index (χ4n) is 0.654. The predicted molar refractivity (Wildman–Crippen MR) is 47.7 cm³/mol. The van der Waals surface area contributed by atoms with Crippen LogP contribution in [0.2, 0.25) is 0 Å². The van der Waals surface area contributed by atoms with E-state index in [-0.39, 0.29) is 0 Å². The number of rotatable bonds is 5. The van der Waals surface area contributed by atoms with Crippen LogP contribution in [0.25, 0.3) is 0 Å². The van der Waals surface area contributed by atoms with Gasteiger partial charge in [-0.2, -0.15) is 0 Å². The van der Waals surface area contributed by atoms with Gasteiger partial charge in [-0.25, -0.2) is 0 Å². The van der Waals surface area contributed by atoms with Crippen molar-refractivity contribution in [3.8, 4) is 0 Å². The van der Waals surface area contributed by atoms with Crippen LogP contribution in [0.15, 0.2) is 0 Å². The normalized spacial score (nSPS) is 8.40. The molecule has 0 bridgehead atoms. The SMILES string of the molecule is CC.CCCCCCNN. The van der Waals surface area contributed by atoms with E-state index in [4.69, 9.17) is 5.84 Å². The molecule has 10 heavy (non-hydrogen) atoms. The molecule has 0 saturated heterocycles. The molecule has 0 fully saturated rings. The first-order valence-corrected chi connectivity index (χ1v) is 4.35. The standard InChI is InChI=1S/C6H16N2.C2H6/c1-2-3-4-5-6-8-7;1-2/h8H,2-7H2,1H3;1-2H3. The molecule has 3 N–H and O–H groups in total. The van der Waals surface area contributed by atoms with Crippen LogP contribution < -0.4 is 11.3 Å². The van der Waals surface area contributed by atoms with E-state index in [2.05, 4.69) is 12.3 Å². The van der Waals surface area contributed by atoms with Crippen molar-refractivity contribution in [3.05, 3.63) is 0 Å². The Hall–Kier alpha value is -0.0800. The van der Waals surface area contributed by atoms with Gasteiger partial charge in [0.2, 0.25) is 0 Å². The summed E-state index contributed by atoms with van der Waals surface area (Å²) in [6, 6.07) is 0. The zero-order valence-electron chi connectivity index (χ0n) is 7.61. The lowest BCUT2D eigenvalue weighted by molar-refractivity contribution is 0.613. The number of hydrogen-bond acceptors (Lipinski definition) is 2. The first-order valence-electron chi connectivity index (χ1n) is 4.35. The van der Waals surface area contributed by atoms with Crippen molar-refractivity contribution in [2.45, 2.75) is 46.5 Å². The molecule has 0 radical (unpaired) electrons. The fraction of sp³-hybridized carbons (Fsp3) is 1.00. The quantitative estimate of drug-likeness (QED) is 0.354. The highest BCUT2D eigenvalue weighted by Crippen LogP contribution is 1.95. The molecular weight excluding hydrogens is 124 g/mol. The Morgan fingerprint density at radius 2 is 1.70 bits per heavy atom. The first-order chi connectivity index (χ1) is 4.91. The van der Waals surface area contributed by atoms with Crippen LogP contribution >= 0.6 is 0 Å². The molecule has 0 aromatic heterocycles. The summed E-state index contributed by atoms with van der Waals surface area (Å²) in [7, 11) is 0.